The van der Waals surface area contributed by atoms with Crippen molar-refractivity contribution >= 4 is 11.5 Å². The number of nitrogens with one attached hydrogen (secondary N) is 1. The predicted molar refractivity (Wildman–Crippen MR) is 80.7 cm³/mol. The summed E-state index contributed by atoms with van der Waals surface area (Å²) in [6.45, 7) is 0. The normalized spacial score (nSPS) is 21.7. The van der Waals surface area contributed by atoms with E-state index in [9.17, 15) is 18.0 Å². The molecule has 0 spiro atoms. The van der Waals surface area contributed by atoms with Crippen molar-refractivity contribution in [2.45, 2.75) is 24.4 Å². The van der Waals surface area contributed by atoms with Crippen LogP contribution in [0.25, 0.3) is 0 Å². The SMILES string of the molecule is N=C1CC(c2ccccc2)C(=O)C1c1cccc(C(F)(F)F)c1. The van der Waals surface area contributed by atoms with Crippen molar-refractivity contribution in [3.8, 4) is 0 Å². The summed E-state index contributed by atoms with van der Waals surface area (Å²) in [6, 6.07) is 13.8. The summed E-state index contributed by atoms with van der Waals surface area (Å²) in [5.74, 6) is -1.55. The van der Waals surface area contributed by atoms with E-state index in [4.69, 9.17) is 5.41 Å². The number of alkyl halides is 3. The number of carbonyl (C=O) groups excluding carboxylic acids is 1. The maximum absolute atomic E-state index is 12.9. The molecule has 0 aliphatic heterocycles. The molecule has 1 aliphatic rings. The van der Waals surface area contributed by atoms with Crippen molar-refractivity contribution in [1.29, 1.82) is 5.41 Å². The molecule has 3 rings (SSSR count). The van der Waals surface area contributed by atoms with Crippen LogP contribution in [0.5, 0.6) is 0 Å². The first-order chi connectivity index (χ1) is 10.9. The Labute approximate surface area is 131 Å². The average Bonchev–Trinajstić information content (AvgIpc) is 2.82. The highest BCUT2D eigenvalue weighted by atomic mass is 19.4. The molecule has 2 aromatic carbocycles. The van der Waals surface area contributed by atoms with Gasteiger partial charge in [0.2, 0.25) is 0 Å². The van der Waals surface area contributed by atoms with Crippen LogP contribution in [0.2, 0.25) is 0 Å². The number of halogens is 3. The summed E-state index contributed by atoms with van der Waals surface area (Å²) in [6.07, 6.45) is -4.21. The molecular formula is C18H14F3NO. The van der Waals surface area contributed by atoms with Crippen LogP contribution in [-0.2, 0) is 11.0 Å². The lowest BCUT2D eigenvalue weighted by atomic mass is 9.90. The number of hydrogen-bond donors (Lipinski definition) is 1. The fourth-order valence-corrected chi connectivity index (χ4v) is 3.04. The molecule has 0 radical (unpaired) electrons. The van der Waals surface area contributed by atoms with E-state index in [1.54, 1.807) is 0 Å². The highest BCUT2D eigenvalue weighted by molar-refractivity contribution is 6.17. The lowest BCUT2D eigenvalue weighted by molar-refractivity contribution is -0.137. The van der Waals surface area contributed by atoms with Crippen LogP contribution in [0.15, 0.2) is 54.6 Å². The standard InChI is InChI=1S/C18H14F3NO/c19-18(20,21)13-8-4-7-12(9-13)16-15(22)10-14(17(16)23)11-5-2-1-3-6-11/h1-9,14,16,22H,10H2. The maximum Gasteiger partial charge on any atom is 0.416 e. The Morgan fingerprint density at radius 2 is 1.61 bits per heavy atom. The molecule has 2 aromatic rings. The van der Waals surface area contributed by atoms with Gasteiger partial charge in [-0.15, -0.1) is 0 Å². The summed E-state index contributed by atoms with van der Waals surface area (Å²) >= 11 is 0. The van der Waals surface area contributed by atoms with Crippen LogP contribution >= 0.6 is 0 Å². The zero-order valence-electron chi connectivity index (χ0n) is 12.1. The Hall–Kier alpha value is -2.43. The van der Waals surface area contributed by atoms with Gasteiger partial charge in [-0.25, -0.2) is 0 Å². The fourth-order valence-electron chi connectivity index (χ4n) is 3.04. The quantitative estimate of drug-likeness (QED) is 0.866. The van der Waals surface area contributed by atoms with Crippen molar-refractivity contribution in [1.82, 2.24) is 0 Å². The van der Waals surface area contributed by atoms with Gasteiger partial charge in [0.05, 0.1) is 11.5 Å². The fraction of sp³-hybridized carbons (Fsp3) is 0.222. The van der Waals surface area contributed by atoms with Crippen LogP contribution in [-0.4, -0.2) is 11.5 Å². The molecule has 1 aliphatic carbocycles. The average molecular weight is 317 g/mol. The highest BCUT2D eigenvalue weighted by Gasteiger charge is 2.41. The van der Waals surface area contributed by atoms with Gasteiger partial charge < -0.3 is 5.41 Å². The second-order valence-corrected chi connectivity index (χ2v) is 5.65. The smallest absolute Gasteiger partial charge is 0.309 e. The Bertz CT molecular complexity index is 752. The van der Waals surface area contributed by atoms with Gasteiger partial charge in [-0.1, -0.05) is 48.5 Å². The van der Waals surface area contributed by atoms with Crippen molar-refractivity contribution in [2.75, 3.05) is 0 Å². The second kappa shape index (κ2) is 5.65. The number of Topliss-reactive ketones (excluding diaryl/α,β-unsaturated/α-hetero) is 1. The summed E-state index contributed by atoms with van der Waals surface area (Å²) in [4.78, 5) is 12.7. The molecule has 0 saturated heterocycles. The molecule has 1 N–H and O–H groups in total. The molecule has 0 aromatic heterocycles. The first-order valence-electron chi connectivity index (χ1n) is 7.21. The van der Waals surface area contributed by atoms with Gasteiger partial charge in [-0.05, 0) is 23.6 Å². The Morgan fingerprint density at radius 1 is 0.957 bits per heavy atom. The first kappa shape index (κ1) is 15.5. The van der Waals surface area contributed by atoms with Gasteiger partial charge in [-0.2, -0.15) is 13.2 Å². The van der Waals surface area contributed by atoms with Crippen LogP contribution in [0.3, 0.4) is 0 Å². The Kier molecular flexibility index (Phi) is 3.80. The van der Waals surface area contributed by atoms with Crippen molar-refractivity contribution in [3.05, 3.63) is 71.3 Å². The third-order valence-corrected chi connectivity index (χ3v) is 4.15. The number of carbonyl (C=O) groups is 1. The predicted octanol–water partition coefficient (Wildman–Crippen LogP) is 4.57. The lowest BCUT2D eigenvalue weighted by Gasteiger charge is -2.13. The van der Waals surface area contributed by atoms with Crippen LogP contribution in [0.4, 0.5) is 13.2 Å². The summed E-state index contributed by atoms with van der Waals surface area (Å²) in [5, 5.41) is 8.08. The van der Waals surface area contributed by atoms with Crippen LogP contribution in [0, 0.1) is 5.41 Å². The van der Waals surface area contributed by atoms with Crippen molar-refractivity contribution < 1.29 is 18.0 Å². The minimum absolute atomic E-state index is 0.170. The Balaban J connectivity index is 1.95. The van der Waals surface area contributed by atoms with Crippen molar-refractivity contribution in [3.63, 3.8) is 0 Å². The summed E-state index contributed by atoms with van der Waals surface area (Å²) in [7, 11) is 0. The molecule has 118 valence electrons. The molecule has 23 heavy (non-hydrogen) atoms. The molecule has 1 fully saturated rings. The highest BCUT2D eigenvalue weighted by Crippen LogP contribution is 2.39. The number of ketones is 1. The third kappa shape index (κ3) is 2.91. The summed E-state index contributed by atoms with van der Waals surface area (Å²) < 4.78 is 38.6. The van der Waals surface area contributed by atoms with Gasteiger partial charge in [0.1, 0.15) is 0 Å². The van der Waals surface area contributed by atoms with E-state index in [-0.39, 0.29) is 23.5 Å². The van der Waals surface area contributed by atoms with Gasteiger partial charge in [0.15, 0.2) is 5.78 Å². The minimum Gasteiger partial charge on any atom is -0.309 e. The largest absolute Gasteiger partial charge is 0.416 e. The van der Waals surface area contributed by atoms with E-state index >= 15 is 0 Å². The first-order valence-corrected chi connectivity index (χ1v) is 7.21. The van der Waals surface area contributed by atoms with Gasteiger partial charge in [-0.3, -0.25) is 4.79 Å². The molecule has 2 unspecified atom stereocenters. The van der Waals surface area contributed by atoms with Crippen LogP contribution in [0.1, 0.15) is 34.9 Å². The monoisotopic (exact) mass is 317 g/mol. The van der Waals surface area contributed by atoms with E-state index in [0.29, 0.717) is 0 Å². The van der Waals surface area contributed by atoms with E-state index in [0.717, 1.165) is 17.7 Å². The van der Waals surface area contributed by atoms with E-state index < -0.39 is 23.6 Å². The topological polar surface area (TPSA) is 40.9 Å². The molecule has 2 nitrogen and oxygen atoms in total. The molecular weight excluding hydrogens is 303 g/mol. The molecule has 0 amide bonds. The molecule has 2 atom stereocenters. The van der Waals surface area contributed by atoms with Crippen molar-refractivity contribution in [2.24, 2.45) is 0 Å². The maximum atomic E-state index is 12.9. The second-order valence-electron chi connectivity index (χ2n) is 5.65. The van der Waals surface area contributed by atoms with Gasteiger partial charge >= 0.3 is 6.18 Å². The van der Waals surface area contributed by atoms with E-state index in [2.05, 4.69) is 0 Å². The van der Waals surface area contributed by atoms with Gasteiger partial charge in [0, 0.05) is 11.6 Å². The molecule has 1 saturated carbocycles. The number of hydrogen-bond acceptors (Lipinski definition) is 2. The molecule has 0 bridgehead atoms. The van der Waals surface area contributed by atoms with Gasteiger partial charge in [0.25, 0.3) is 0 Å². The lowest BCUT2D eigenvalue weighted by Crippen LogP contribution is -2.15. The van der Waals surface area contributed by atoms with Crippen LogP contribution < -0.4 is 0 Å². The molecule has 5 heteroatoms. The zero-order valence-corrected chi connectivity index (χ0v) is 12.1. The minimum atomic E-state index is -4.46. The molecule has 0 heterocycles. The number of rotatable bonds is 2. The Morgan fingerprint density at radius 3 is 2.26 bits per heavy atom. The summed E-state index contributed by atoms with van der Waals surface area (Å²) in [5.41, 5.74) is 0.423. The van der Waals surface area contributed by atoms with E-state index in [1.165, 1.54) is 12.1 Å². The third-order valence-electron chi connectivity index (χ3n) is 4.15. The number of benzene rings is 2. The zero-order chi connectivity index (χ0) is 16.6. The van der Waals surface area contributed by atoms with E-state index in [1.807, 2.05) is 30.3 Å².